The van der Waals surface area contributed by atoms with E-state index in [1.807, 2.05) is 59.7 Å². The molecule has 0 saturated carbocycles. The van der Waals surface area contributed by atoms with Crippen molar-refractivity contribution in [3.63, 3.8) is 0 Å². The van der Waals surface area contributed by atoms with Gasteiger partial charge in [0.05, 0.1) is 25.1 Å². The number of morpholine rings is 1. The number of ether oxygens (including phenoxy) is 2. The number of carbonyl (C=O) groups is 1. The summed E-state index contributed by atoms with van der Waals surface area (Å²) in [5, 5.41) is 9.45. The molecule has 8 nitrogen and oxygen atoms in total. The van der Waals surface area contributed by atoms with E-state index in [0.29, 0.717) is 24.1 Å². The molecule has 4 rings (SSSR count). The van der Waals surface area contributed by atoms with E-state index in [0.717, 1.165) is 17.0 Å². The van der Waals surface area contributed by atoms with Gasteiger partial charge < -0.3 is 14.4 Å². The van der Waals surface area contributed by atoms with Crippen molar-refractivity contribution < 1.29 is 14.3 Å². The molecule has 2 atom stereocenters. The van der Waals surface area contributed by atoms with Crippen molar-refractivity contribution in [3.05, 3.63) is 48.8 Å². The average molecular weight is 440 g/mol. The molecule has 0 bridgehead atoms. The molecule has 1 aromatic carbocycles. The molecule has 1 aliphatic heterocycles. The van der Waals surface area contributed by atoms with Gasteiger partial charge in [0, 0.05) is 36.7 Å². The van der Waals surface area contributed by atoms with Gasteiger partial charge in [-0.05, 0) is 50.2 Å². The van der Waals surface area contributed by atoms with Crippen molar-refractivity contribution >= 4 is 17.7 Å². The first-order valence-electron chi connectivity index (χ1n) is 10.1. The Kier molecular flexibility index (Phi) is 6.53. The Morgan fingerprint density at radius 1 is 1.10 bits per heavy atom. The van der Waals surface area contributed by atoms with Crippen LogP contribution in [-0.2, 0) is 9.53 Å². The molecule has 1 fully saturated rings. The summed E-state index contributed by atoms with van der Waals surface area (Å²) in [5.41, 5.74) is 1.79. The third-order valence-electron chi connectivity index (χ3n) is 5.00. The Bertz CT molecular complexity index is 1020. The second-order valence-electron chi connectivity index (χ2n) is 7.42. The summed E-state index contributed by atoms with van der Waals surface area (Å²) in [5.74, 6) is 1.81. The number of pyridine rings is 1. The molecule has 2 unspecified atom stereocenters. The Morgan fingerprint density at radius 2 is 1.77 bits per heavy atom. The van der Waals surface area contributed by atoms with Gasteiger partial charge in [-0.25, -0.2) is 0 Å². The highest BCUT2D eigenvalue weighted by Crippen LogP contribution is 2.29. The topological polar surface area (TPSA) is 82.4 Å². The monoisotopic (exact) mass is 439 g/mol. The van der Waals surface area contributed by atoms with Crippen LogP contribution in [0.5, 0.6) is 5.75 Å². The normalized spacial score (nSPS) is 18.7. The van der Waals surface area contributed by atoms with Crippen LogP contribution in [0, 0.1) is 0 Å². The molecule has 1 amide bonds. The lowest BCUT2D eigenvalue weighted by Crippen LogP contribution is -2.48. The predicted octanol–water partition coefficient (Wildman–Crippen LogP) is 3.07. The fourth-order valence-electron chi connectivity index (χ4n) is 3.61. The van der Waals surface area contributed by atoms with Gasteiger partial charge in [0.15, 0.2) is 11.0 Å². The molecule has 1 saturated heterocycles. The molecule has 3 aromatic rings. The molecule has 162 valence electrons. The summed E-state index contributed by atoms with van der Waals surface area (Å²) in [6, 6.07) is 11.5. The Morgan fingerprint density at radius 3 is 2.42 bits per heavy atom. The van der Waals surface area contributed by atoms with Crippen molar-refractivity contribution in [2.45, 2.75) is 31.2 Å². The zero-order valence-corrected chi connectivity index (χ0v) is 18.6. The largest absolute Gasteiger partial charge is 0.497 e. The predicted molar refractivity (Wildman–Crippen MR) is 118 cm³/mol. The minimum atomic E-state index is 0.0407. The van der Waals surface area contributed by atoms with Gasteiger partial charge in [0.1, 0.15) is 5.75 Å². The number of thioether (sulfide) groups is 1. The van der Waals surface area contributed by atoms with E-state index in [2.05, 4.69) is 15.2 Å². The average Bonchev–Trinajstić information content (AvgIpc) is 3.21. The Balaban J connectivity index is 1.60. The maximum absolute atomic E-state index is 12.8. The van der Waals surface area contributed by atoms with Crippen molar-refractivity contribution in [1.29, 1.82) is 0 Å². The zero-order valence-electron chi connectivity index (χ0n) is 17.8. The van der Waals surface area contributed by atoms with E-state index in [-0.39, 0.29) is 23.9 Å². The lowest BCUT2D eigenvalue weighted by molar-refractivity contribution is -0.140. The van der Waals surface area contributed by atoms with Crippen LogP contribution in [0.3, 0.4) is 0 Å². The third kappa shape index (κ3) is 4.88. The molecule has 0 radical (unpaired) electrons. The minimum Gasteiger partial charge on any atom is -0.497 e. The van der Waals surface area contributed by atoms with E-state index < -0.39 is 0 Å². The number of amides is 1. The third-order valence-corrected chi connectivity index (χ3v) is 5.91. The molecule has 1 aliphatic rings. The minimum absolute atomic E-state index is 0.0407. The second-order valence-corrected chi connectivity index (χ2v) is 8.36. The summed E-state index contributed by atoms with van der Waals surface area (Å²) in [7, 11) is 1.64. The molecule has 31 heavy (non-hydrogen) atoms. The van der Waals surface area contributed by atoms with Gasteiger partial charge in [-0.3, -0.25) is 14.3 Å². The highest BCUT2D eigenvalue weighted by atomic mass is 32.2. The fraction of sp³-hybridized carbons (Fsp3) is 0.364. The number of aromatic nitrogens is 4. The van der Waals surface area contributed by atoms with Crippen LogP contribution >= 0.6 is 11.8 Å². The lowest BCUT2D eigenvalue weighted by atomic mass is 10.2. The van der Waals surface area contributed by atoms with Crippen molar-refractivity contribution in [2.75, 3.05) is 26.0 Å². The quantitative estimate of drug-likeness (QED) is 0.546. The summed E-state index contributed by atoms with van der Waals surface area (Å²) in [6.45, 7) is 5.20. The smallest absolute Gasteiger partial charge is 0.233 e. The van der Waals surface area contributed by atoms with Crippen molar-refractivity contribution in [1.82, 2.24) is 24.6 Å². The van der Waals surface area contributed by atoms with Gasteiger partial charge >= 0.3 is 0 Å². The molecule has 0 aliphatic carbocycles. The summed E-state index contributed by atoms with van der Waals surface area (Å²) >= 11 is 1.38. The molecule has 3 heterocycles. The first-order chi connectivity index (χ1) is 15.0. The standard InChI is InChI=1S/C22H25N5O3S/c1-15-12-26(13-16(2)30-15)20(28)14-31-22-25-24-21(17-8-10-23-11-9-17)27(22)18-4-6-19(29-3)7-5-18/h4-11,15-16H,12-14H2,1-3H3. The fourth-order valence-corrected chi connectivity index (χ4v) is 4.47. The van der Waals surface area contributed by atoms with E-state index in [9.17, 15) is 4.79 Å². The van der Waals surface area contributed by atoms with Crippen LogP contribution in [0.15, 0.2) is 53.9 Å². The maximum Gasteiger partial charge on any atom is 0.233 e. The number of carbonyl (C=O) groups excluding carboxylic acids is 1. The number of methoxy groups -OCH3 is 1. The van der Waals surface area contributed by atoms with Crippen LogP contribution < -0.4 is 4.74 Å². The molecule has 0 N–H and O–H groups in total. The molecule has 9 heteroatoms. The first-order valence-corrected chi connectivity index (χ1v) is 11.1. The molecule has 0 spiro atoms. The van der Waals surface area contributed by atoms with Gasteiger partial charge in [-0.1, -0.05) is 11.8 Å². The molecular formula is C22H25N5O3S. The summed E-state index contributed by atoms with van der Waals surface area (Å²) in [6.07, 6.45) is 3.52. The van der Waals surface area contributed by atoms with E-state index in [1.54, 1.807) is 19.5 Å². The van der Waals surface area contributed by atoms with Crippen LogP contribution in [0.1, 0.15) is 13.8 Å². The first kappa shape index (κ1) is 21.3. The maximum atomic E-state index is 12.8. The number of hydrogen-bond donors (Lipinski definition) is 0. The molecular weight excluding hydrogens is 414 g/mol. The number of nitrogens with zero attached hydrogens (tertiary/aromatic N) is 5. The van der Waals surface area contributed by atoms with E-state index in [4.69, 9.17) is 9.47 Å². The van der Waals surface area contributed by atoms with Crippen LogP contribution in [0.25, 0.3) is 17.1 Å². The molecule has 2 aromatic heterocycles. The summed E-state index contributed by atoms with van der Waals surface area (Å²) in [4.78, 5) is 18.8. The van der Waals surface area contributed by atoms with Gasteiger partial charge in [0.25, 0.3) is 0 Å². The SMILES string of the molecule is COc1ccc(-n2c(SCC(=O)N3CC(C)OC(C)C3)nnc2-c2ccncc2)cc1. The van der Waals surface area contributed by atoms with Crippen LogP contribution in [0.4, 0.5) is 0 Å². The van der Waals surface area contributed by atoms with Gasteiger partial charge in [-0.2, -0.15) is 0 Å². The van der Waals surface area contributed by atoms with Crippen molar-refractivity contribution in [3.8, 4) is 22.8 Å². The lowest BCUT2D eigenvalue weighted by Gasteiger charge is -2.35. The van der Waals surface area contributed by atoms with Gasteiger partial charge in [0.2, 0.25) is 5.91 Å². The highest BCUT2D eigenvalue weighted by molar-refractivity contribution is 7.99. The number of rotatable bonds is 6. The Hall–Kier alpha value is -2.91. The number of benzene rings is 1. The highest BCUT2D eigenvalue weighted by Gasteiger charge is 2.26. The van der Waals surface area contributed by atoms with Gasteiger partial charge in [-0.15, -0.1) is 10.2 Å². The van der Waals surface area contributed by atoms with Crippen LogP contribution in [0.2, 0.25) is 0 Å². The van der Waals surface area contributed by atoms with E-state index >= 15 is 0 Å². The van der Waals surface area contributed by atoms with E-state index in [1.165, 1.54) is 11.8 Å². The Labute approximate surface area is 185 Å². The number of hydrogen-bond acceptors (Lipinski definition) is 7. The second kappa shape index (κ2) is 9.49. The zero-order chi connectivity index (χ0) is 21.8. The summed E-state index contributed by atoms with van der Waals surface area (Å²) < 4.78 is 13.0. The van der Waals surface area contributed by atoms with Crippen LogP contribution in [-0.4, -0.2) is 68.7 Å². The van der Waals surface area contributed by atoms with Crippen molar-refractivity contribution in [2.24, 2.45) is 0 Å².